The molecular weight excluding hydrogens is 229 g/mol. The third kappa shape index (κ3) is 3.16. The highest BCUT2D eigenvalue weighted by Crippen LogP contribution is 2.11. The summed E-state index contributed by atoms with van der Waals surface area (Å²) >= 11 is 0. The van der Waals surface area contributed by atoms with Crippen molar-refractivity contribution in [2.24, 2.45) is 0 Å². The maximum absolute atomic E-state index is 13.3. The molecule has 2 aromatic carbocycles. The Morgan fingerprint density at radius 3 is 2.39 bits per heavy atom. The molecule has 2 aromatic rings. The van der Waals surface area contributed by atoms with E-state index in [0.717, 1.165) is 11.1 Å². The first kappa shape index (κ1) is 12.3. The molecule has 3 heteroatoms. The number of nitriles is 1. The molecule has 18 heavy (non-hydrogen) atoms. The van der Waals surface area contributed by atoms with Gasteiger partial charge in [0.25, 0.3) is 0 Å². The van der Waals surface area contributed by atoms with Gasteiger partial charge in [-0.1, -0.05) is 36.4 Å². The van der Waals surface area contributed by atoms with Crippen LogP contribution in [-0.2, 0) is 18.0 Å². The molecule has 0 unspecified atom stereocenters. The normalized spacial score (nSPS) is 10.0. The van der Waals surface area contributed by atoms with Gasteiger partial charge < -0.3 is 4.74 Å². The van der Waals surface area contributed by atoms with Crippen LogP contribution in [0.15, 0.2) is 48.5 Å². The topological polar surface area (TPSA) is 33.0 Å². The predicted molar refractivity (Wildman–Crippen MR) is 66.1 cm³/mol. The zero-order chi connectivity index (χ0) is 12.8. The van der Waals surface area contributed by atoms with Crippen molar-refractivity contribution in [2.45, 2.75) is 13.2 Å². The Balaban J connectivity index is 1.91. The smallest absolute Gasteiger partial charge is 0.141 e. The van der Waals surface area contributed by atoms with Crippen LogP contribution in [-0.4, -0.2) is 0 Å². The van der Waals surface area contributed by atoms with E-state index >= 15 is 0 Å². The van der Waals surface area contributed by atoms with E-state index in [1.54, 1.807) is 12.1 Å². The summed E-state index contributed by atoms with van der Waals surface area (Å²) in [5, 5.41) is 8.61. The summed E-state index contributed by atoms with van der Waals surface area (Å²) in [5.41, 5.74) is 1.86. The summed E-state index contributed by atoms with van der Waals surface area (Å²) in [6, 6.07) is 16.1. The Morgan fingerprint density at radius 2 is 1.72 bits per heavy atom. The van der Waals surface area contributed by atoms with Crippen molar-refractivity contribution in [1.82, 2.24) is 0 Å². The van der Waals surface area contributed by atoms with Gasteiger partial charge in [0.1, 0.15) is 11.9 Å². The second kappa shape index (κ2) is 5.95. The molecule has 90 valence electrons. The van der Waals surface area contributed by atoms with Gasteiger partial charge in [0.05, 0.1) is 18.8 Å². The molecule has 0 aliphatic carbocycles. The molecule has 0 fully saturated rings. The molecule has 0 aliphatic heterocycles. The van der Waals surface area contributed by atoms with E-state index < -0.39 is 5.82 Å². The van der Waals surface area contributed by atoms with Gasteiger partial charge in [-0.3, -0.25) is 0 Å². The van der Waals surface area contributed by atoms with Crippen molar-refractivity contribution < 1.29 is 9.13 Å². The quantitative estimate of drug-likeness (QED) is 0.821. The van der Waals surface area contributed by atoms with E-state index in [1.165, 1.54) is 12.1 Å². The third-order valence-electron chi connectivity index (χ3n) is 2.53. The average Bonchev–Trinajstić information content (AvgIpc) is 2.40. The molecule has 0 saturated carbocycles. The fourth-order valence-corrected chi connectivity index (χ4v) is 1.60. The molecule has 0 saturated heterocycles. The average molecular weight is 241 g/mol. The molecular formula is C15H12FNO. The summed E-state index contributed by atoms with van der Waals surface area (Å²) in [6.45, 7) is 0.819. The van der Waals surface area contributed by atoms with E-state index in [-0.39, 0.29) is 5.56 Å². The van der Waals surface area contributed by atoms with Crippen molar-refractivity contribution >= 4 is 0 Å². The zero-order valence-electron chi connectivity index (χ0n) is 9.77. The summed E-state index contributed by atoms with van der Waals surface area (Å²) in [7, 11) is 0. The van der Waals surface area contributed by atoms with Gasteiger partial charge in [-0.05, 0) is 23.3 Å². The second-order valence-corrected chi connectivity index (χ2v) is 3.90. The largest absolute Gasteiger partial charge is 0.372 e. The van der Waals surface area contributed by atoms with Crippen LogP contribution in [0, 0.1) is 17.1 Å². The molecule has 0 atom stereocenters. The van der Waals surface area contributed by atoms with E-state index in [1.807, 2.05) is 30.3 Å². The summed E-state index contributed by atoms with van der Waals surface area (Å²) < 4.78 is 18.8. The minimum Gasteiger partial charge on any atom is -0.372 e. The molecule has 0 aromatic heterocycles. The first-order valence-electron chi connectivity index (χ1n) is 5.60. The number of hydrogen-bond donors (Lipinski definition) is 0. The standard InChI is InChI=1S/C15H12FNO/c16-15-8-13(6-7-14(15)9-17)11-18-10-12-4-2-1-3-5-12/h1-8H,10-11H2. The summed E-state index contributed by atoms with van der Waals surface area (Å²) in [5.74, 6) is -0.502. The van der Waals surface area contributed by atoms with Gasteiger partial charge in [0.15, 0.2) is 0 Å². The fourth-order valence-electron chi connectivity index (χ4n) is 1.60. The Kier molecular flexibility index (Phi) is 4.06. The Hall–Kier alpha value is -2.18. The Labute approximate surface area is 105 Å². The first-order valence-corrected chi connectivity index (χ1v) is 5.60. The van der Waals surface area contributed by atoms with Crippen molar-refractivity contribution in [3.8, 4) is 6.07 Å². The lowest BCUT2D eigenvalue weighted by Gasteiger charge is -2.05. The minimum atomic E-state index is -0.502. The van der Waals surface area contributed by atoms with E-state index in [0.29, 0.717) is 13.2 Å². The molecule has 2 nitrogen and oxygen atoms in total. The van der Waals surface area contributed by atoms with Gasteiger partial charge in [-0.25, -0.2) is 4.39 Å². The molecule has 2 rings (SSSR count). The van der Waals surface area contributed by atoms with E-state index in [4.69, 9.17) is 10.00 Å². The number of nitrogens with zero attached hydrogens (tertiary/aromatic N) is 1. The molecule has 0 heterocycles. The van der Waals surface area contributed by atoms with Crippen LogP contribution in [0.1, 0.15) is 16.7 Å². The molecule has 0 N–H and O–H groups in total. The van der Waals surface area contributed by atoms with Gasteiger partial charge in [-0.2, -0.15) is 5.26 Å². The van der Waals surface area contributed by atoms with E-state index in [9.17, 15) is 4.39 Å². The monoisotopic (exact) mass is 241 g/mol. The highest BCUT2D eigenvalue weighted by Gasteiger charge is 2.02. The number of benzene rings is 2. The van der Waals surface area contributed by atoms with Crippen molar-refractivity contribution in [3.63, 3.8) is 0 Å². The maximum atomic E-state index is 13.3. The first-order chi connectivity index (χ1) is 8.79. The van der Waals surface area contributed by atoms with Gasteiger partial charge in [0, 0.05) is 0 Å². The van der Waals surface area contributed by atoms with Crippen LogP contribution in [0.3, 0.4) is 0 Å². The Bertz CT molecular complexity index is 560. The third-order valence-corrected chi connectivity index (χ3v) is 2.53. The van der Waals surface area contributed by atoms with Gasteiger partial charge in [0.2, 0.25) is 0 Å². The molecule has 0 radical (unpaired) electrons. The fraction of sp³-hybridized carbons (Fsp3) is 0.133. The molecule has 0 amide bonds. The van der Waals surface area contributed by atoms with Crippen molar-refractivity contribution in [2.75, 3.05) is 0 Å². The lowest BCUT2D eigenvalue weighted by atomic mass is 10.1. The minimum absolute atomic E-state index is 0.0572. The highest BCUT2D eigenvalue weighted by molar-refractivity contribution is 5.33. The van der Waals surface area contributed by atoms with Crippen LogP contribution in [0.2, 0.25) is 0 Å². The Morgan fingerprint density at radius 1 is 1.00 bits per heavy atom. The van der Waals surface area contributed by atoms with Crippen molar-refractivity contribution in [1.29, 1.82) is 5.26 Å². The SMILES string of the molecule is N#Cc1ccc(COCc2ccccc2)cc1F. The van der Waals surface area contributed by atoms with E-state index in [2.05, 4.69) is 0 Å². The summed E-state index contributed by atoms with van der Waals surface area (Å²) in [6.07, 6.45) is 0. The maximum Gasteiger partial charge on any atom is 0.141 e. The van der Waals surface area contributed by atoms with Crippen LogP contribution < -0.4 is 0 Å². The van der Waals surface area contributed by atoms with Crippen LogP contribution in [0.4, 0.5) is 4.39 Å². The van der Waals surface area contributed by atoms with Crippen LogP contribution in [0.25, 0.3) is 0 Å². The number of ether oxygens (including phenoxy) is 1. The van der Waals surface area contributed by atoms with Crippen molar-refractivity contribution in [3.05, 3.63) is 71.0 Å². The second-order valence-electron chi connectivity index (χ2n) is 3.90. The van der Waals surface area contributed by atoms with Crippen LogP contribution >= 0.6 is 0 Å². The predicted octanol–water partition coefficient (Wildman–Crippen LogP) is 3.41. The molecule has 0 spiro atoms. The molecule has 0 aliphatic rings. The highest BCUT2D eigenvalue weighted by atomic mass is 19.1. The van der Waals surface area contributed by atoms with Gasteiger partial charge >= 0.3 is 0 Å². The number of halogens is 1. The molecule has 0 bridgehead atoms. The lowest BCUT2D eigenvalue weighted by Crippen LogP contribution is -1.95. The number of rotatable bonds is 4. The van der Waals surface area contributed by atoms with Crippen LogP contribution in [0.5, 0.6) is 0 Å². The number of hydrogen-bond acceptors (Lipinski definition) is 2. The zero-order valence-corrected chi connectivity index (χ0v) is 9.77. The summed E-state index contributed by atoms with van der Waals surface area (Å²) in [4.78, 5) is 0. The van der Waals surface area contributed by atoms with Gasteiger partial charge in [-0.15, -0.1) is 0 Å². The lowest BCUT2D eigenvalue weighted by molar-refractivity contribution is 0.107.